The molecule has 0 bridgehead atoms. The lowest BCUT2D eigenvalue weighted by atomic mass is 10.1. The molecule has 0 spiro atoms. The fraction of sp³-hybridized carbons (Fsp3) is 0.600. The van der Waals surface area contributed by atoms with Crippen molar-refractivity contribution >= 4 is 5.69 Å². The standard InChI is InChI=1S/C15H24N2O2/c1-17(2)12-5-3-6-13(11-12)19-10-8-15(18)14-7-4-9-16-14/h3,5-6,11,14-16,18H,4,7-10H2,1-2H3. The molecular weight excluding hydrogens is 240 g/mol. The molecule has 2 rings (SSSR count). The average molecular weight is 264 g/mol. The second kappa shape index (κ2) is 6.78. The molecule has 106 valence electrons. The summed E-state index contributed by atoms with van der Waals surface area (Å²) in [5.74, 6) is 0.859. The van der Waals surface area contributed by atoms with E-state index in [2.05, 4.69) is 5.32 Å². The highest BCUT2D eigenvalue weighted by Gasteiger charge is 2.22. The van der Waals surface area contributed by atoms with Gasteiger partial charge in [-0.3, -0.25) is 0 Å². The lowest BCUT2D eigenvalue weighted by Gasteiger charge is -2.19. The Labute approximate surface area is 115 Å². The molecule has 1 heterocycles. The maximum Gasteiger partial charge on any atom is 0.121 e. The van der Waals surface area contributed by atoms with Crippen LogP contribution >= 0.6 is 0 Å². The van der Waals surface area contributed by atoms with Crippen molar-refractivity contribution < 1.29 is 9.84 Å². The van der Waals surface area contributed by atoms with Crippen molar-refractivity contribution in [2.45, 2.75) is 31.4 Å². The second-order valence-corrected chi connectivity index (χ2v) is 5.30. The van der Waals surface area contributed by atoms with E-state index < -0.39 is 0 Å². The van der Waals surface area contributed by atoms with E-state index in [9.17, 15) is 5.11 Å². The zero-order valence-corrected chi connectivity index (χ0v) is 11.8. The van der Waals surface area contributed by atoms with Gasteiger partial charge in [0.1, 0.15) is 5.75 Å². The largest absolute Gasteiger partial charge is 0.493 e. The summed E-state index contributed by atoms with van der Waals surface area (Å²) < 4.78 is 5.71. The molecule has 1 aromatic rings. The van der Waals surface area contributed by atoms with E-state index in [1.54, 1.807) is 0 Å². The van der Waals surface area contributed by atoms with E-state index in [-0.39, 0.29) is 12.1 Å². The molecule has 2 atom stereocenters. The summed E-state index contributed by atoms with van der Waals surface area (Å²) in [5.41, 5.74) is 1.12. The number of aliphatic hydroxyl groups excluding tert-OH is 1. The third kappa shape index (κ3) is 4.11. The van der Waals surface area contributed by atoms with Gasteiger partial charge < -0.3 is 20.1 Å². The molecular formula is C15H24N2O2. The Morgan fingerprint density at radius 2 is 2.32 bits per heavy atom. The Hall–Kier alpha value is -1.26. The molecule has 1 aliphatic heterocycles. The van der Waals surface area contributed by atoms with E-state index in [0.29, 0.717) is 13.0 Å². The molecule has 1 aliphatic rings. The van der Waals surface area contributed by atoms with Crippen LogP contribution in [0.25, 0.3) is 0 Å². The Morgan fingerprint density at radius 3 is 3.00 bits per heavy atom. The predicted octanol–water partition coefficient (Wildman–Crippen LogP) is 1.63. The zero-order valence-electron chi connectivity index (χ0n) is 11.8. The number of anilines is 1. The van der Waals surface area contributed by atoms with Crippen molar-refractivity contribution in [2.24, 2.45) is 0 Å². The average Bonchev–Trinajstić information content (AvgIpc) is 2.93. The SMILES string of the molecule is CN(C)c1cccc(OCCC(O)C2CCCN2)c1. The molecule has 0 radical (unpaired) electrons. The Bertz CT molecular complexity index is 389. The third-order valence-electron chi connectivity index (χ3n) is 3.58. The third-order valence-corrected chi connectivity index (χ3v) is 3.58. The number of rotatable bonds is 6. The summed E-state index contributed by atoms with van der Waals surface area (Å²) in [7, 11) is 4.02. The van der Waals surface area contributed by atoms with Gasteiger partial charge in [-0.1, -0.05) is 6.07 Å². The van der Waals surface area contributed by atoms with Crippen molar-refractivity contribution in [2.75, 3.05) is 32.1 Å². The number of benzene rings is 1. The van der Waals surface area contributed by atoms with Crippen LogP contribution in [0.2, 0.25) is 0 Å². The minimum atomic E-state index is -0.306. The monoisotopic (exact) mass is 264 g/mol. The maximum absolute atomic E-state index is 10.0. The number of nitrogens with one attached hydrogen (secondary N) is 1. The van der Waals surface area contributed by atoms with Crippen molar-refractivity contribution in [1.82, 2.24) is 5.32 Å². The molecule has 1 saturated heterocycles. The summed E-state index contributed by atoms with van der Waals surface area (Å²) >= 11 is 0. The van der Waals surface area contributed by atoms with E-state index in [4.69, 9.17) is 4.74 Å². The van der Waals surface area contributed by atoms with Crippen LogP contribution in [-0.4, -0.2) is 44.5 Å². The Balaban J connectivity index is 1.77. The summed E-state index contributed by atoms with van der Waals surface area (Å²) in [5, 5.41) is 13.3. The summed E-state index contributed by atoms with van der Waals surface area (Å²) in [6.45, 7) is 1.57. The Kier molecular flexibility index (Phi) is 5.05. The molecule has 2 N–H and O–H groups in total. The number of aliphatic hydroxyl groups is 1. The lowest BCUT2D eigenvalue weighted by molar-refractivity contribution is 0.107. The minimum Gasteiger partial charge on any atom is -0.493 e. The molecule has 0 saturated carbocycles. The van der Waals surface area contributed by atoms with Gasteiger partial charge in [-0.25, -0.2) is 0 Å². The molecule has 1 fully saturated rings. The molecule has 19 heavy (non-hydrogen) atoms. The van der Waals surface area contributed by atoms with Crippen LogP contribution in [0.15, 0.2) is 24.3 Å². The summed E-state index contributed by atoms with van der Waals surface area (Å²) in [6, 6.07) is 8.24. The van der Waals surface area contributed by atoms with E-state index in [1.807, 2.05) is 43.3 Å². The second-order valence-electron chi connectivity index (χ2n) is 5.30. The van der Waals surface area contributed by atoms with Gasteiger partial charge in [0, 0.05) is 38.3 Å². The van der Waals surface area contributed by atoms with E-state index >= 15 is 0 Å². The van der Waals surface area contributed by atoms with Crippen molar-refractivity contribution in [1.29, 1.82) is 0 Å². The lowest BCUT2D eigenvalue weighted by Crippen LogP contribution is -2.35. The van der Waals surface area contributed by atoms with E-state index in [1.165, 1.54) is 0 Å². The molecule has 4 nitrogen and oxygen atoms in total. The first-order chi connectivity index (χ1) is 9.16. The molecule has 1 aromatic carbocycles. The van der Waals surface area contributed by atoms with Crippen molar-refractivity contribution in [3.63, 3.8) is 0 Å². The highest BCUT2D eigenvalue weighted by Crippen LogP contribution is 2.20. The zero-order chi connectivity index (χ0) is 13.7. The van der Waals surface area contributed by atoms with Crippen LogP contribution in [0, 0.1) is 0 Å². The number of ether oxygens (including phenoxy) is 1. The molecule has 0 aliphatic carbocycles. The van der Waals surface area contributed by atoms with E-state index in [0.717, 1.165) is 30.8 Å². The predicted molar refractivity (Wildman–Crippen MR) is 77.9 cm³/mol. The smallest absolute Gasteiger partial charge is 0.121 e. The maximum atomic E-state index is 10.0. The van der Waals surface area contributed by atoms with Gasteiger partial charge in [0.05, 0.1) is 12.7 Å². The minimum absolute atomic E-state index is 0.247. The number of hydrogen-bond donors (Lipinski definition) is 2. The van der Waals surface area contributed by atoms with Gasteiger partial charge >= 0.3 is 0 Å². The molecule has 2 unspecified atom stereocenters. The first-order valence-corrected chi connectivity index (χ1v) is 6.98. The Morgan fingerprint density at radius 1 is 1.47 bits per heavy atom. The summed E-state index contributed by atoms with van der Waals surface area (Å²) in [6.07, 6.45) is 2.59. The normalized spacial score (nSPS) is 20.3. The quantitative estimate of drug-likeness (QED) is 0.820. The van der Waals surface area contributed by atoms with Crippen LogP contribution in [-0.2, 0) is 0 Å². The first kappa shape index (κ1) is 14.2. The fourth-order valence-corrected chi connectivity index (χ4v) is 2.39. The molecule has 0 aromatic heterocycles. The highest BCUT2D eigenvalue weighted by atomic mass is 16.5. The van der Waals surface area contributed by atoms with Gasteiger partial charge in [0.25, 0.3) is 0 Å². The van der Waals surface area contributed by atoms with Crippen molar-refractivity contribution in [3.8, 4) is 5.75 Å². The van der Waals surface area contributed by atoms with Gasteiger partial charge in [-0.05, 0) is 31.5 Å². The number of nitrogens with zero attached hydrogens (tertiary/aromatic N) is 1. The van der Waals surface area contributed by atoms with Crippen LogP contribution in [0.5, 0.6) is 5.75 Å². The molecule has 0 amide bonds. The topological polar surface area (TPSA) is 44.7 Å². The summed E-state index contributed by atoms with van der Waals surface area (Å²) in [4.78, 5) is 2.05. The molecule has 4 heteroatoms. The fourth-order valence-electron chi connectivity index (χ4n) is 2.39. The first-order valence-electron chi connectivity index (χ1n) is 6.98. The highest BCUT2D eigenvalue weighted by molar-refractivity contribution is 5.49. The van der Waals surface area contributed by atoms with Crippen LogP contribution in [0.4, 0.5) is 5.69 Å². The van der Waals surface area contributed by atoms with Gasteiger partial charge in [-0.2, -0.15) is 0 Å². The number of hydrogen-bond acceptors (Lipinski definition) is 4. The van der Waals surface area contributed by atoms with Gasteiger partial charge in [-0.15, -0.1) is 0 Å². The van der Waals surface area contributed by atoms with Crippen LogP contribution < -0.4 is 15.0 Å². The van der Waals surface area contributed by atoms with Crippen LogP contribution in [0.1, 0.15) is 19.3 Å². The van der Waals surface area contributed by atoms with Crippen LogP contribution in [0.3, 0.4) is 0 Å². The van der Waals surface area contributed by atoms with Gasteiger partial charge in [0.2, 0.25) is 0 Å². The van der Waals surface area contributed by atoms with Gasteiger partial charge in [0.15, 0.2) is 0 Å². The van der Waals surface area contributed by atoms with Crippen molar-refractivity contribution in [3.05, 3.63) is 24.3 Å².